The molecule has 1 aromatic heterocycles. The van der Waals surface area contributed by atoms with Gasteiger partial charge in [0.1, 0.15) is 5.75 Å². The van der Waals surface area contributed by atoms with E-state index < -0.39 is 0 Å². The van der Waals surface area contributed by atoms with Gasteiger partial charge in [-0.15, -0.1) is 0 Å². The number of aromatic nitrogens is 1. The smallest absolute Gasteiger partial charge is 0.194 e. The van der Waals surface area contributed by atoms with Gasteiger partial charge in [-0.25, -0.2) is 0 Å². The summed E-state index contributed by atoms with van der Waals surface area (Å²) in [4.78, 5) is 16.3. The summed E-state index contributed by atoms with van der Waals surface area (Å²) < 4.78 is 5.23. The molecule has 0 spiro atoms. The first-order valence-electron chi connectivity index (χ1n) is 5.73. The Hall–Kier alpha value is -2.16. The first-order valence-corrected chi connectivity index (χ1v) is 5.73. The lowest BCUT2D eigenvalue weighted by Crippen LogP contribution is -2.03. The maximum atomic E-state index is 12.3. The Labute approximate surface area is 106 Å². The number of nitrogens with zero attached hydrogens (tertiary/aromatic N) is 1. The molecule has 0 N–H and O–H groups in total. The summed E-state index contributed by atoms with van der Waals surface area (Å²) in [5.41, 5.74) is 3.20. The second-order valence-corrected chi connectivity index (χ2v) is 4.26. The van der Waals surface area contributed by atoms with E-state index >= 15 is 0 Å². The molecule has 1 aromatic carbocycles. The minimum atomic E-state index is -0.0375. The van der Waals surface area contributed by atoms with Crippen molar-refractivity contribution < 1.29 is 9.53 Å². The molecule has 2 rings (SSSR count). The molecule has 0 bridgehead atoms. The molecule has 0 atom stereocenters. The van der Waals surface area contributed by atoms with E-state index in [4.69, 9.17) is 4.74 Å². The fourth-order valence-corrected chi connectivity index (χ4v) is 1.81. The fourth-order valence-electron chi connectivity index (χ4n) is 1.81. The van der Waals surface area contributed by atoms with Crippen LogP contribution in [0.4, 0.5) is 0 Å². The van der Waals surface area contributed by atoms with Crippen molar-refractivity contribution >= 4 is 5.78 Å². The zero-order valence-corrected chi connectivity index (χ0v) is 10.7. The van der Waals surface area contributed by atoms with Crippen molar-refractivity contribution in [2.24, 2.45) is 0 Å². The molecular formula is C15H15NO2. The molecule has 0 radical (unpaired) electrons. The van der Waals surface area contributed by atoms with Crippen LogP contribution in [-0.4, -0.2) is 17.9 Å². The number of carbonyl (C=O) groups excluding carboxylic acids is 1. The largest absolute Gasteiger partial charge is 0.496 e. The summed E-state index contributed by atoms with van der Waals surface area (Å²) in [5.74, 6) is 0.686. The number of ketones is 1. The first-order chi connectivity index (χ1) is 8.61. The van der Waals surface area contributed by atoms with Gasteiger partial charge in [0.15, 0.2) is 5.78 Å². The molecule has 3 nitrogen and oxygen atoms in total. The van der Waals surface area contributed by atoms with Gasteiger partial charge >= 0.3 is 0 Å². The number of hydrogen-bond donors (Lipinski definition) is 0. The molecule has 1 heterocycles. The number of rotatable bonds is 3. The lowest BCUT2D eigenvalue weighted by molar-refractivity contribution is 0.103. The third-order valence-electron chi connectivity index (χ3n) is 2.81. The Morgan fingerprint density at radius 1 is 1.11 bits per heavy atom. The van der Waals surface area contributed by atoms with Gasteiger partial charge in [0.25, 0.3) is 0 Å². The highest BCUT2D eigenvalue weighted by atomic mass is 16.5. The Kier molecular flexibility index (Phi) is 3.42. The fraction of sp³-hybridized carbons (Fsp3) is 0.200. The standard InChI is InChI=1S/C15H15NO2/c1-10-6-13(9-16-8-10)15(17)12-5-4-11(2)14(7-12)18-3/h4-9H,1-3H3. The van der Waals surface area contributed by atoms with Crippen molar-refractivity contribution in [3.05, 3.63) is 58.9 Å². The van der Waals surface area contributed by atoms with E-state index in [1.165, 1.54) is 0 Å². The molecule has 0 amide bonds. The molecule has 0 aliphatic carbocycles. The van der Waals surface area contributed by atoms with Crippen LogP contribution in [0.5, 0.6) is 5.75 Å². The number of ether oxygens (including phenoxy) is 1. The maximum absolute atomic E-state index is 12.3. The Morgan fingerprint density at radius 3 is 2.56 bits per heavy atom. The van der Waals surface area contributed by atoms with Crippen LogP contribution < -0.4 is 4.74 Å². The summed E-state index contributed by atoms with van der Waals surface area (Å²) in [7, 11) is 1.60. The lowest BCUT2D eigenvalue weighted by Gasteiger charge is -2.07. The number of aryl methyl sites for hydroxylation is 2. The Balaban J connectivity index is 2.40. The molecule has 0 saturated heterocycles. The molecule has 0 unspecified atom stereocenters. The quantitative estimate of drug-likeness (QED) is 0.775. The average molecular weight is 241 g/mol. The van der Waals surface area contributed by atoms with Crippen molar-refractivity contribution in [1.82, 2.24) is 4.98 Å². The zero-order chi connectivity index (χ0) is 13.1. The summed E-state index contributed by atoms with van der Waals surface area (Å²) >= 11 is 0. The van der Waals surface area contributed by atoms with Crippen LogP contribution >= 0.6 is 0 Å². The van der Waals surface area contributed by atoms with Gasteiger partial charge in [-0.05, 0) is 37.1 Å². The van der Waals surface area contributed by atoms with Gasteiger partial charge in [0.2, 0.25) is 0 Å². The van der Waals surface area contributed by atoms with E-state index in [0.29, 0.717) is 11.1 Å². The van der Waals surface area contributed by atoms with Crippen LogP contribution in [0.15, 0.2) is 36.7 Å². The van der Waals surface area contributed by atoms with E-state index in [1.807, 2.05) is 32.0 Å². The van der Waals surface area contributed by atoms with E-state index in [9.17, 15) is 4.79 Å². The first kappa shape index (κ1) is 12.3. The van der Waals surface area contributed by atoms with Crippen LogP contribution in [0.1, 0.15) is 27.0 Å². The Bertz CT molecular complexity index is 591. The van der Waals surface area contributed by atoms with Crippen LogP contribution in [-0.2, 0) is 0 Å². The highest BCUT2D eigenvalue weighted by molar-refractivity contribution is 6.09. The summed E-state index contributed by atoms with van der Waals surface area (Å²) in [5, 5.41) is 0. The SMILES string of the molecule is COc1cc(C(=O)c2cncc(C)c2)ccc1C. The predicted octanol–water partition coefficient (Wildman–Crippen LogP) is 2.94. The summed E-state index contributed by atoms with van der Waals surface area (Å²) in [6.45, 7) is 3.86. The molecule has 92 valence electrons. The average Bonchev–Trinajstić information content (AvgIpc) is 2.38. The van der Waals surface area contributed by atoms with E-state index in [2.05, 4.69) is 4.98 Å². The van der Waals surface area contributed by atoms with Gasteiger partial charge in [0.05, 0.1) is 7.11 Å². The van der Waals surface area contributed by atoms with Gasteiger partial charge in [-0.2, -0.15) is 0 Å². The molecule has 0 fully saturated rings. The van der Waals surface area contributed by atoms with Gasteiger partial charge in [0, 0.05) is 23.5 Å². The van der Waals surface area contributed by atoms with Gasteiger partial charge in [-0.1, -0.05) is 12.1 Å². The third-order valence-corrected chi connectivity index (χ3v) is 2.81. The maximum Gasteiger partial charge on any atom is 0.194 e. The predicted molar refractivity (Wildman–Crippen MR) is 70.1 cm³/mol. The number of benzene rings is 1. The zero-order valence-electron chi connectivity index (χ0n) is 10.7. The van der Waals surface area contributed by atoms with Crippen molar-refractivity contribution in [2.45, 2.75) is 13.8 Å². The molecule has 0 saturated carbocycles. The number of hydrogen-bond acceptors (Lipinski definition) is 3. The monoisotopic (exact) mass is 241 g/mol. The van der Waals surface area contributed by atoms with Crippen LogP contribution in [0.2, 0.25) is 0 Å². The summed E-state index contributed by atoms with van der Waals surface area (Å²) in [6.07, 6.45) is 3.31. The third kappa shape index (κ3) is 2.40. The van der Waals surface area contributed by atoms with Crippen molar-refractivity contribution in [1.29, 1.82) is 0 Å². The topological polar surface area (TPSA) is 39.2 Å². The minimum Gasteiger partial charge on any atom is -0.496 e. The molecule has 0 aliphatic rings. The summed E-state index contributed by atoms with van der Waals surface area (Å²) in [6, 6.07) is 7.29. The van der Waals surface area contributed by atoms with E-state index in [-0.39, 0.29) is 5.78 Å². The van der Waals surface area contributed by atoms with Gasteiger partial charge < -0.3 is 4.74 Å². The van der Waals surface area contributed by atoms with Gasteiger partial charge in [-0.3, -0.25) is 9.78 Å². The minimum absolute atomic E-state index is 0.0375. The van der Waals surface area contributed by atoms with Crippen molar-refractivity contribution in [2.75, 3.05) is 7.11 Å². The molecule has 3 heteroatoms. The molecule has 2 aromatic rings. The van der Waals surface area contributed by atoms with Crippen LogP contribution in [0.3, 0.4) is 0 Å². The highest BCUT2D eigenvalue weighted by Crippen LogP contribution is 2.21. The van der Waals surface area contributed by atoms with E-state index in [1.54, 1.807) is 25.6 Å². The normalized spacial score (nSPS) is 10.2. The van der Waals surface area contributed by atoms with E-state index in [0.717, 1.165) is 16.9 Å². The molecule has 18 heavy (non-hydrogen) atoms. The second kappa shape index (κ2) is 5.00. The number of pyridine rings is 1. The second-order valence-electron chi connectivity index (χ2n) is 4.26. The lowest BCUT2D eigenvalue weighted by atomic mass is 10.0. The Morgan fingerprint density at radius 2 is 1.89 bits per heavy atom. The van der Waals surface area contributed by atoms with Crippen LogP contribution in [0, 0.1) is 13.8 Å². The highest BCUT2D eigenvalue weighted by Gasteiger charge is 2.11. The molecule has 0 aliphatic heterocycles. The van der Waals surface area contributed by atoms with Crippen molar-refractivity contribution in [3.63, 3.8) is 0 Å². The number of carbonyl (C=O) groups is 1. The van der Waals surface area contributed by atoms with Crippen LogP contribution in [0.25, 0.3) is 0 Å². The van der Waals surface area contributed by atoms with Crippen molar-refractivity contribution in [3.8, 4) is 5.75 Å². The number of methoxy groups -OCH3 is 1. The molecular weight excluding hydrogens is 226 g/mol.